The summed E-state index contributed by atoms with van der Waals surface area (Å²) in [5.74, 6) is 1.05. The number of hydrogen-bond donors (Lipinski definition) is 2. The molecule has 3 nitrogen and oxygen atoms in total. The van der Waals surface area contributed by atoms with Gasteiger partial charge in [0.05, 0.1) is 12.4 Å². The third kappa shape index (κ3) is 3.77. The maximum Gasteiger partial charge on any atom is 0.229 e. The molecule has 1 amide bonds. The monoisotopic (exact) mass is 239 g/mol. The van der Waals surface area contributed by atoms with E-state index in [1.54, 1.807) is 0 Å². The minimum atomic E-state index is -0.0603. The molecule has 0 unspecified atom stereocenters. The molecule has 0 saturated carbocycles. The third-order valence-electron chi connectivity index (χ3n) is 2.17. The molecule has 0 saturated heterocycles. The van der Waals surface area contributed by atoms with Crippen LogP contribution < -0.4 is 10.1 Å². The summed E-state index contributed by atoms with van der Waals surface area (Å²) in [6, 6.07) is 5.90. The largest absolute Gasteiger partial charge is 0.494 e. The van der Waals surface area contributed by atoms with Crippen LogP contribution in [-0.2, 0) is 11.3 Å². The molecule has 0 aliphatic carbocycles. The lowest BCUT2D eigenvalue weighted by Gasteiger charge is -2.09. The predicted molar refractivity (Wildman–Crippen MR) is 68.0 cm³/mol. The van der Waals surface area contributed by atoms with Gasteiger partial charge in [0, 0.05) is 6.54 Å². The van der Waals surface area contributed by atoms with Gasteiger partial charge in [0.1, 0.15) is 5.75 Å². The Hall–Kier alpha value is -1.16. The molecule has 4 heteroatoms. The van der Waals surface area contributed by atoms with Crippen molar-refractivity contribution in [3.8, 4) is 5.75 Å². The third-order valence-corrected chi connectivity index (χ3v) is 2.46. The first-order valence-electron chi connectivity index (χ1n) is 5.27. The Kier molecular flexibility index (Phi) is 5.19. The van der Waals surface area contributed by atoms with Gasteiger partial charge in [0.25, 0.3) is 0 Å². The van der Waals surface area contributed by atoms with Crippen LogP contribution in [0.5, 0.6) is 5.75 Å². The molecule has 0 radical (unpaired) electrons. The summed E-state index contributed by atoms with van der Waals surface area (Å²) < 4.78 is 5.44. The van der Waals surface area contributed by atoms with E-state index in [4.69, 9.17) is 4.74 Å². The van der Waals surface area contributed by atoms with E-state index in [1.165, 1.54) is 0 Å². The molecule has 0 aliphatic heterocycles. The number of hydrogen-bond acceptors (Lipinski definition) is 3. The van der Waals surface area contributed by atoms with Gasteiger partial charge < -0.3 is 10.1 Å². The van der Waals surface area contributed by atoms with Gasteiger partial charge in [0.15, 0.2) is 0 Å². The van der Waals surface area contributed by atoms with Crippen molar-refractivity contribution in [2.24, 2.45) is 0 Å². The second-order valence-electron chi connectivity index (χ2n) is 3.47. The number of ether oxygens (including phenoxy) is 1. The Morgan fingerprint density at radius 2 is 2.25 bits per heavy atom. The normalized spacial score (nSPS) is 9.94. The zero-order valence-electron chi connectivity index (χ0n) is 9.62. The van der Waals surface area contributed by atoms with Crippen molar-refractivity contribution in [3.63, 3.8) is 0 Å². The molecule has 0 atom stereocenters. The second kappa shape index (κ2) is 6.43. The van der Waals surface area contributed by atoms with Crippen molar-refractivity contribution < 1.29 is 9.53 Å². The Balaban J connectivity index is 2.62. The number of benzene rings is 1. The summed E-state index contributed by atoms with van der Waals surface area (Å²) in [5, 5.41) is 2.77. The van der Waals surface area contributed by atoms with Crippen molar-refractivity contribution in [1.29, 1.82) is 0 Å². The summed E-state index contributed by atoms with van der Waals surface area (Å²) in [5.41, 5.74) is 2.15. The van der Waals surface area contributed by atoms with Crippen molar-refractivity contribution in [1.82, 2.24) is 5.32 Å². The number of nitrogens with one attached hydrogen (secondary N) is 1. The quantitative estimate of drug-likeness (QED) is 0.771. The van der Waals surface area contributed by atoms with Gasteiger partial charge in [-0.25, -0.2) is 0 Å². The highest BCUT2D eigenvalue weighted by molar-refractivity contribution is 7.81. The van der Waals surface area contributed by atoms with Crippen LogP contribution in [0.2, 0.25) is 0 Å². The van der Waals surface area contributed by atoms with Gasteiger partial charge in [-0.2, -0.15) is 12.6 Å². The van der Waals surface area contributed by atoms with Crippen LogP contribution in [0, 0.1) is 6.92 Å². The molecule has 88 valence electrons. The van der Waals surface area contributed by atoms with Crippen LogP contribution in [0.15, 0.2) is 18.2 Å². The van der Waals surface area contributed by atoms with E-state index in [9.17, 15) is 4.79 Å². The summed E-state index contributed by atoms with van der Waals surface area (Å²) in [7, 11) is 0. The fourth-order valence-corrected chi connectivity index (χ4v) is 1.51. The number of aryl methyl sites for hydroxylation is 1. The molecular formula is C12H17NO2S. The summed E-state index contributed by atoms with van der Waals surface area (Å²) in [6.07, 6.45) is 0. The van der Waals surface area contributed by atoms with E-state index < -0.39 is 0 Å². The highest BCUT2D eigenvalue weighted by Gasteiger charge is 2.02. The summed E-state index contributed by atoms with van der Waals surface area (Å²) >= 11 is 3.89. The van der Waals surface area contributed by atoms with E-state index >= 15 is 0 Å². The van der Waals surface area contributed by atoms with Crippen LogP contribution in [0.1, 0.15) is 18.1 Å². The second-order valence-corrected chi connectivity index (χ2v) is 3.78. The molecule has 1 N–H and O–H groups in total. The van der Waals surface area contributed by atoms with E-state index in [0.717, 1.165) is 16.9 Å². The minimum Gasteiger partial charge on any atom is -0.494 e. The standard InChI is InChI=1S/C12H17NO2S/c1-3-15-11-5-4-10(6-9(11)2)7-13-12(14)8-16/h4-6,16H,3,7-8H2,1-2H3,(H,13,14). The maximum absolute atomic E-state index is 11.0. The fourth-order valence-electron chi connectivity index (χ4n) is 1.40. The molecule has 0 bridgehead atoms. The molecule has 0 spiro atoms. The topological polar surface area (TPSA) is 38.3 Å². The average Bonchev–Trinajstić information content (AvgIpc) is 2.29. The van der Waals surface area contributed by atoms with Crippen molar-refractivity contribution in [3.05, 3.63) is 29.3 Å². The van der Waals surface area contributed by atoms with Crippen LogP contribution in [0.25, 0.3) is 0 Å². The highest BCUT2D eigenvalue weighted by Crippen LogP contribution is 2.18. The molecule has 1 aromatic rings. The van der Waals surface area contributed by atoms with E-state index in [1.807, 2.05) is 32.0 Å². The number of amides is 1. The first kappa shape index (κ1) is 12.9. The molecule has 1 aromatic carbocycles. The van der Waals surface area contributed by atoms with Crippen LogP contribution in [0.4, 0.5) is 0 Å². The van der Waals surface area contributed by atoms with Gasteiger partial charge in [-0.05, 0) is 31.0 Å². The van der Waals surface area contributed by atoms with Gasteiger partial charge in [-0.1, -0.05) is 12.1 Å². The van der Waals surface area contributed by atoms with Gasteiger partial charge in [0.2, 0.25) is 5.91 Å². The Labute approximate surface area is 102 Å². The maximum atomic E-state index is 11.0. The number of thiol groups is 1. The fraction of sp³-hybridized carbons (Fsp3) is 0.417. The van der Waals surface area contributed by atoms with E-state index in [-0.39, 0.29) is 11.7 Å². The Morgan fingerprint density at radius 3 is 2.81 bits per heavy atom. The molecule has 0 aromatic heterocycles. The van der Waals surface area contributed by atoms with Crippen LogP contribution in [-0.4, -0.2) is 18.3 Å². The minimum absolute atomic E-state index is 0.0603. The van der Waals surface area contributed by atoms with Crippen LogP contribution in [0.3, 0.4) is 0 Å². The van der Waals surface area contributed by atoms with E-state index in [2.05, 4.69) is 17.9 Å². The predicted octanol–water partition coefficient (Wildman–Crippen LogP) is 1.94. The molecule has 0 heterocycles. The lowest BCUT2D eigenvalue weighted by Crippen LogP contribution is -2.23. The first-order chi connectivity index (χ1) is 7.67. The highest BCUT2D eigenvalue weighted by atomic mass is 32.1. The van der Waals surface area contributed by atoms with Crippen LogP contribution >= 0.6 is 12.6 Å². The average molecular weight is 239 g/mol. The van der Waals surface area contributed by atoms with Gasteiger partial charge >= 0.3 is 0 Å². The summed E-state index contributed by atoms with van der Waals surface area (Å²) in [6.45, 7) is 5.15. The van der Waals surface area contributed by atoms with Crippen molar-refractivity contribution in [2.75, 3.05) is 12.4 Å². The lowest BCUT2D eigenvalue weighted by atomic mass is 10.1. The molecular weight excluding hydrogens is 222 g/mol. The molecule has 0 fully saturated rings. The van der Waals surface area contributed by atoms with E-state index in [0.29, 0.717) is 13.2 Å². The molecule has 0 aliphatic rings. The molecule has 16 heavy (non-hydrogen) atoms. The SMILES string of the molecule is CCOc1ccc(CNC(=O)CS)cc1C. The smallest absolute Gasteiger partial charge is 0.229 e. The number of rotatable bonds is 5. The zero-order valence-corrected chi connectivity index (χ0v) is 10.5. The Bertz CT molecular complexity index is 366. The van der Waals surface area contributed by atoms with Crippen molar-refractivity contribution in [2.45, 2.75) is 20.4 Å². The zero-order chi connectivity index (χ0) is 12.0. The Morgan fingerprint density at radius 1 is 1.50 bits per heavy atom. The first-order valence-corrected chi connectivity index (χ1v) is 5.90. The van der Waals surface area contributed by atoms with Gasteiger partial charge in [-0.3, -0.25) is 4.79 Å². The lowest BCUT2D eigenvalue weighted by molar-refractivity contribution is -0.118. The van der Waals surface area contributed by atoms with Gasteiger partial charge in [-0.15, -0.1) is 0 Å². The molecule has 1 rings (SSSR count). The number of carbonyl (C=O) groups excluding carboxylic acids is 1. The summed E-state index contributed by atoms with van der Waals surface area (Å²) in [4.78, 5) is 11.0. The number of carbonyl (C=O) groups is 1. The van der Waals surface area contributed by atoms with Crippen molar-refractivity contribution >= 4 is 18.5 Å².